The fraction of sp³-hybridized carbons (Fsp3) is 0.562. The molecule has 0 saturated carbocycles. The molecule has 3 atom stereocenters. The van der Waals surface area contributed by atoms with Crippen molar-refractivity contribution in [1.29, 1.82) is 0 Å². The molecule has 4 heteroatoms. The van der Waals surface area contributed by atoms with Crippen molar-refractivity contribution < 1.29 is 9.53 Å². The Bertz CT molecular complexity index is 435. The molecule has 1 aliphatic heterocycles. The minimum absolute atomic E-state index is 0.103. The maximum Gasteiger partial charge on any atom is 0.241 e. The van der Waals surface area contributed by atoms with Crippen LogP contribution in [-0.2, 0) is 16.0 Å². The normalized spacial score (nSPS) is 24.1. The molecule has 0 spiro atoms. The average Bonchev–Trinajstić information content (AvgIpc) is 2.77. The highest BCUT2D eigenvalue weighted by molar-refractivity contribution is 5.85. The van der Waals surface area contributed by atoms with Gasteiger partial charge in [0.2, 0.25) is 5.91 Å². The molecule has 20 heavy (non-hydrogen) atoms. The van der Waals surface area contributed by atoms with Crippen LogP contribution < -0.4 is 5.32 Å². The first-order chi connectivity index (χ1) is 9.67. The van der Waals surface area contributed by atoms with Crippen LogP contribution in [-0.4, -0.2) is 42.8 Å². The lowest BCUT2D eigenvalue weighted by Crippen LogP contribution is -2.44. The number of benzene rings is 1. The van der Waals surface area contributed by atoms with Crippen LogP contribution in [0.15, 0.2) is 30.3 Å². The summed E-state index contributed by atoms with van der Waals surface area (Å²) >= 11 is 0. The van der Waals surface area contributed by atoms with Crippen molar-refractivity contribution in [2.45, 2.75) is 44.9 Å². The summed E-state index contributed by atoms with van der Waals surface area (Å²) in [6.45, 7) is 4.71. The summed E-state index contributed by atoms with van der Waals surface area (Å²) in [5.74, 6) is 0.185. The van der Waals surface area contributed by atoms with Gasteiger partial charge in [0.1, 0.15) is 0 Å². The fourth-order valence-corrected chi connectivity index (χ4v) is 2.87. The predicted molar refractivity (Wildman–Crippen MR) is 79.3 cm³/mol. The first kappa shape index (κ1) is 15.0. The Hall–Kier alpha value is -1.39. The van der Waals surface area contributed by atoms with E-state index in [2.05, 4.69) is 24.4 Å². The van der Waals surface area contributed by atoms with Gasteiger partial charge in [0.05, 0.1) is 24.9 Å². The number of rotatable bonds is 6. The van der Waals surface area contributed by atoms with Gasteiger partial charge < -0.3 is 9.64 Å². The van der Waals surface area contributed by atoms with Crippen molar-refractivity contribution in [2.75, 3.05) is 13.7 Å². The fourth-order valence-electron chi connectivity index (χ4n) is 2.87. The smallest absolute Gasteiger partial charge is 0.241 e. The summed E-state index contributed by atoms with van der Waals surface area (Å²) in [5.41, 5.74) is 1.19. The van der Waals surface area contributed by atoms with E-state index in [-0.39, 0.29) is 24.2 Å². The van der Waals surface area contributed by atoms with Crippen molar-refractivity contribution in [3.05, 3.63) is 35.9 Å². The summed E-state index contributed by atoms with van der Waals surface area (Å²) in [5, 5.41) is 3.45. The molecule has 0 radical (unpaired) electrons. The van der Waals surface area contributed by atoms with Crippen LogP contribution in [0.1, 0.15) is 25.8 Å². The maximum absolute atomic E-state index is 12.6. The molecule has 1 amide bonds. The van der Waals surface area contributed by atoms with E-state index in [4.69, 9.17) is 4.74 Å². The van der Waals surface area contributed by atoms with Crippen molar-refractivity contribution >= 4 is 5.91 Å². The number of ether oxygens (including phenoxy) is 1. The molecule has 0 aliphatic carbocycles. The van der Waals surface area contributed by atoms with Crippen LogP contribution >= 0.6 is 0 Å². The standard InChI is InChI=1S/C16H24N2O2/c1-4-15-17-14(10-13-8-6-5-7-9-13)16(19)18(15)12(2)11-20-3/h5-9,12,14-15,17H,4,10-11H2,1-3H3. The molecule has 2 rings (SSSR count). The lowest BCUT2D eigenvalue weighted by Gasteiger charge is -2.29. The second kappa shape index (κ2) is 6.86. The van der Waals surface area contributed by atoms with E-state index in [9.17, 15) is 4.79 Å². The van der Waals surface area contributed by atoms with Gasteiger partial charge >= 0.3 is 0 Å². The third-order valence-electron chi connectivity index (χ3n) is 3.83. The number of nitrogens with one attached hydrogen (secondary N) is 1. The number of carbonyl (C=O) groups excluding carboxylic acids is 1. The monoisotopic (exact) mass is 276 g/mol. The first-order valence-electron chi connectivity index (χ1n) is 7.28. The number of hydrogen-bond acceptors (Lipinski definition) is 3. The van der Waals surface area contributed by atoms with Gasteiger partial charge in [-0.1, -0.05) is 37.3 Å². The molecular formula is C16H24N2O2. The molecule has 1 aromatic rings. The molecule has 0 bridgehead atoms. The topological polar surface area (TPSA) is 41.6 Å². The molecule has 3 unspecified atom stereocenters. The van der Waals surface area contributed by atoms with Crippen LogP contribution in [0, 0.1) is 0 Å². The van der Waals surface area contributed by atoms with Gasteiger partial charge in [0, 0.05) is 7.11 Å². The molecule has 1 saturated heterocycles. The highest BCUT2D eigenvalue weighted by atomic mass is 16.5. The number of methoxy groups -OCH3 is 1. The number of amides is 1. The summed E-state index contributed by atoms with van der Waals surface area (Å²) in [6, 6.07) is 10.1. The van der Waals surface area contributed by atoms with E-state index >= 15 is 0 Å². The van der Waals surface area contributed by atoms with Crippen LogP contribution in [0.3, 0.4) is 0 Å². The van der Waals surface area contributed by atoms with E-state index in [1.54, 1.807) is 7.11 Å². The lowest BCUT2D eigenvalue weighted by molar-refractivity contribution is -0.133. The van der Waals surface area contributed by atoms with Crippen molar-refractivity contribution in [1.82, 2.24) is 10.2 Å². The minimum atomic E-state index is -0.123. The second-order valence-electron chi connectivity index (χ2n) is 5.38. The van der Waals surface area contributed by atoms with Crippen LogP contribution in [0.2, 0.25) is 0 Å². The van der Waals surface area contributed by atoms with E-state index < -0.39 is 0 Å². The summed E-state index contributed by atoms with van der Waals surface area (Å²) in [7, 11) is 1.67. The predicted octanol–water partition coefficient (Wildman–Crippen LogP) is 1.80. The van der Waals surface area contributed by atoms with Gasteiger partial charge in [0.15, 0.2) is 0 Å². The highest BCUT2D eigenvalue weighted by Crippen LogP contribution is 2.20. The Morgan fingerprint density at radius 1 is 1.35 bits per heavy atom. The third-order valence-corrected chi connectivity index (χ3v) is 3.83. The Morgan fingerprint density at radius 3 is 2.65 bits per heavy atom. The van der Waals surface area contributed by atoms with E-state index in [0.29, 0.717) is 6.61 Å². The number of nitrogens with zero attached hydrogens (tertiary/aromatic N) is 1. The van der Waals surface area contributed by atoms with E-state index in [0.717, 1.165) is 12.8 Å². The van der Waals surface area contributed by atoms with Crippen molar-refractivity contribution in [2.24, 2.45) is 0 Å². The van der Waals surface area contributed by atoms with Gasteiger partial charge in [-0.2, -0.15) is 0 Å². The Kier molecular flexibility index (Phi) is 5.15. The van der Waals surface area contributed by atoms with Gasteiger partial charge in [0.25, 0.3) is 0 Å². The molecule has 4 nitrogen and oxygen atoms in total. The Labute approximate surface area is 121 Å². The molecule has 1 aliphatic rings. The van der Waals surface area contributed by atoms with E-state index in [1.165, 1.54) is 5.56 Å². The van der Waals surface area contributed by atoms with E-state index in [1.807, 2.05) is 30.0 Å². The van der Waals surface area contributed by atoms with Crippen LogP contribution in [0.5, 0.6) is 0 Å². The molecular weight excluding hydrogens is 252 g/mol. The molecule has 1 N–H and O–H groups in total. The SMILES string of the molecule is CCC1NC(Cc2ccccc2)C(=O)N1C(C)COC. The minimum Gasteiger partial charge on any atom is -0.383 e. The zero-order valence-corrected chi connectivity index (χ0v) is 12.5. The maximum atomic E-state index is 12.6. The Balaban J connectivity index is 2.08. The van der Waals surface area contributed by atoms with Gasteiger partial charge in [-0.05, 0) is 25.3 Å². The van der Waals surface area contributed by atoms with Crippen molar-refractivity contribution in [3.63, 3.8) is 0 Å². The molecule has 0 aromatic heterocycles. The first-order valence-corrected chi connectivity index (χ1v) is 7.28. The summed E-state index contributed by atoms with van der Waals surface area (Å²) in [4.78, 5) is 14.5. The number of carbonyl (C=O) groups is 1. The molecule has 1 aromatic carbocycles. The average molecular weight is 276 g/mol. The largest absolute Gasteiger partial charge is 0.383 e. The second-order valence-corrected chi connectivity index (χ2v) is 5.38. The van der Waals surface area contributed by atoms with Crippen molar-refractivity contribution in [3.8, 4) is 0 Å². The van der Waals surface area contributed by atoms with Gasteiger partial charge in [-0.3, -0.25) is 10.1 Å². The molecule has 1 heterocycles. The third kappa shape index (κ3) is 3.19. The van der Waals surface area contributed by atoms with Crippen LogP contribution in [0.25, 0.3) is 0 Å². The van der Waals surface area contributed by atoms with Gasteiger partial charge in [-0.25, -0.2) is 0 Å². The Morgan fingerprint density at radius 2 is 2.05 bits per heavy atom. The molecule has 110 valence electrons. The summed E-state index contributed by atoms with van der Waals surface area (Å²) in [6.07, 6.45) is 1.76. The number of hydrogen-bond donors (Lipinski definition) is 1. The van der Waals surface area contributed by atoms with Gasteiger partial charge in [-0.15, -0.1) is 0 Å². The zero-order valence-electron chi connectivity index (χ0n) is 12.5. The molecule has 1 fully saturated rings. The lowest BCUT2D eigenvalue weighted by atomic mass is 10.1. The highest BCUT2D eigenvalue weighted by Gasteiger charge is 2.40. The quantitative estimate of drug-likeness (QED) is 0.861. The zero-order chi connectivity index (χ0) is 14.5. The van der Waals surface area contributed by atoms with Crippen LogP contribution in [0.4, 0.5) is 0 Å². The summed E-state index contributed by atoms with van der Waals surface area (Å²) < 4.78 is 5.19.